The molecule has 1 amide bonds. The van der Waals surface area contributed by atoms with E-state index in [0.29, 0.717) is 16.0 Å². The first kappa shape index (κ1) is 20.3. The normalized spacial score (nSPS) is 14.1. The molecule has 0 spiro atoms. The number of nitrogens with zero attached hydrogens (tertiary/aromatic N) is 1. The maximum absolute atomic E-state index is 12.9. The quantitative estimate of drug-likeness (QED) is 0.582. The van der Waals surface area contributed by atoms with Gasteiger partial charge in [-0.2, -0.15) is 0 Å². The van der Waals surface area contributed by atoms with Crippen molar-refractivity contribution in [2.45, 2.75) is 39.2 Å². The molecule has 1 aromatic heterocycles. The van der Waals surface area contributed by atoms with Gasteiger partial charge in [0.25, 0.3) is 0 Å². The standard InChI is InChI=1S/C23H25Cl2N3O/c1-14(2)15-4-3-5-17(10-15)27-22(29)13-28-20-7-9-26-8-6-18(20)23-19(25)11-16(24)12-21(23)28/h3-5,10-12,14,26H,6-9,13H2,1-2H3,(H,27,29). The van der Waals surface area contributed by atoms with E-state index in [0.717, 1.165) is 42.5 Å². The molecule has 0 saturated carbocycles. The van der Waals surface area contributed by atoms with Gasteiger partial charge in [0.05, 0.1) is 10.5 Å². The molecule has 4 nitrogen and oxygen atoms in total. The van der Waals surface area contributed by atoms with Crippen LogP contribution in [0.15, 0.2) is 36.4 Å². The Morgan fingerprint density at radius 1 is 1.17 bits per heavy atom. The van der Waals surface area contributed by atoms with Gasteiger partial charge in [0, 0.05) is 34.8 Å². The molecule has 2 heterocycles. The van der Waals surface area contributed by atoms with Gasteiger partial charge in [-0.1, -0.05) is 49.2 Å². The van der Waals surface area contributed by atoms with Crippen LogP contribution in [0.4, 0.5) is 5.69 Å². The SMILES string of the molecule is CC(C)c1cccc(NC(=O)Cn2c3c(c4c(Cl)cc(Cl)cc42)CCNCC3)c1. The number of anilines is 1. The molecule has 29 heavy (non-hydrogen) atoms. The van der Waals surface area contributed by atoms with Crippen molar-refractivity contribution in [2.24, 2.45) is 0 Å². The van der Waals surface area contributed by atoms with Crippen LogP contribution in [0.5, 0.6) is 0 Å². The highest BCUT2D eigenvalue weighted by atomic mass is 35.5. The number of aromatic nitrogens is 1. The Morgan fingerprint density at radius 3 is 2.76 bits per heavy atom. The van der Waals surface area contributed by atoms with Crippen molar-refractivity contribution in [3.05, 3.63) is 63.3 Å². The third kappa shape index (κ3) is 4.16. The third-order valence-electron chi connectivity index (χ3n) is 5.53. The van der Waals surface area contributed by atoms with Crippen molar-refractivity contribution in [1.29, 1.82) is 0 Å². The number of nitrogens with one attached hydrogen (secondary N) is 2. The second kappa shape index (κ2) is 8.39. The second-order valence-corrected chi connectivity index (χ2v) is 8.72. The lowest BCUT2D eigenvalue weighted by molar-refractivity contribution is -0.116. The van der Waals surface area contributed by atoms with Gasteiger partial charge in [-0.05, 0) is 54.3 Å². The van der Waals surface area contributed by atoms with E-state index in [4.69, 9.17) is 23.2 Å². The third-order valence-corrected chi connectivity index (χ3v) is 6.05. The number of carbonyl (C=O) groups excluding carboxylic acids is 1. The molecule has 0 unspecified atom stereocenters. The number of amides is 1. The fourth-order valence-electron chi connectivity index (χ4n) is 4.12. The molecule has 0 fully saturated rings. The van der Waals surface area contributed by atoms with Crippen LogP contribution in [0.3, 0.4) is 0 Å². The van der Waals surface area contributed by atoms with Crippen LogP contribution >= 0.6 is 23.2 Å². The van der Waals surface area contributed by atoms with Crippen LogP contribution in [0.2, 0.25) is 10.0 Å². The zero-order valence-corrected chi connectivity index (χ0v) is 18.2. The van der Waals surface area contributed by atoms with E-state index in [1.807, 2.05) is 24.3 Å². The average molecular weight is 430 g/mol. The maximum Gasteiger partial charge on any atom is 0.244 e. The van der Waals surface area contributed by atoms with Crippen molar-refractivity contribution in [1.82, 2.24) is 9.88 Å². The van der Waals surface area contributed by atoms with Crippen molar-refractivity contribution >= 4 is 45.7 Å². The molecule has 0 radical (unpaired) electrons. The van der Waals surface area contributed by atoms with Crippen LogP contribution in [0, 0.1) is 0 Å². The number of hydrogen-bond acceptors (Lipinski definition) is 2. The molecule has 1 aliphatic rings. The summed E-state index contributed by atoms with van der Waals surface area (Å²) in [7, 11) is 0. The maximum atomic E-state index is 12.9. The van der Waals surface area contributed by atoms with Gasteiger partial charge in [0.1, 0.15) is 6.54 Å². The minimum absolute atomic E-state index is 0.0566. The van der Waals surface area contributed by atoms with Crippen molar-refractivity contribution < 1.29 is 4.79 Å². The Bertz CT molecular complexity index is 1070. The molecule has 2 aromatic carbocycles. The Morgan fingerprint density at radius 2 is 1.97 bits per heavy atom. The van der Waals surface area contributed by atoms with Crippen LogP contribution < -0.4 is 10.6 Å². The van der Waals surface area contributed by atoms with Gasteiger partial charge in [0.15, 0.2) is 0 Å². The van der Waals surface area contributed by atoms with Gasteiger partial charge < -0.3 is 15.2 Å². The molecule has 2 N–H and O–H groups in total. The summed E-state index contributed by atoms with van der Waals surface area (Å²) >= 11 is 12.9. The van der Waals surface area contributed by atoms with Gasteiger partial charge in [-0.25, -0.2) is 0 Å². The Balaban J connectivity index is 1.69. The Kier molecular flexibility index (Phi) is 5.86. The topological polar surface area (TPSA) is 46.1 Å². The van der Waals surface area contributed by atoms with E-state index in [9.17, 15) is 4.79 Å². The molecule has 1 aliphatic heterocycles. The molecule has 6 heteroatoms. The highest BCUT2D eigenvalue weighted by Gasteiger charge is 2.22. The van der Waals surface area contributed by atoms with Gasteiger partial charge in [-0.3, -0.25) is 4.79 Å². The molecule has 152 valence electrons. The molecule has 0 bridgehead atoms. The largest absolute Gasteiger partial charge is 0.335 e. The summed E-state index contributed by atoms with van der Waals surface area (Å²) in [5, 5.41) is 8.73. The first-order valence-electron chi connectivity index (χ1n) is 10.0. The zero-order chi connectivity index (χ0) is 20.5. The van der Waals surface area contributed by atoms with E-state index < -0.39 is 0 Å². The molecule has 0 atom stereocenters. The van der Waals surface area contributed by atoms with E-state index in [-0.39, 0.29) is 12.5 Å². The number of benzene rings is 2. The summed E-state index contributed by atoms with van der Waals surface area (Å²) in [6, 6.07) is 11.7. The highest BCUT2D eigenvalue weighted by Crippen LogP contribution is 2.36. The van der Waals surface area contributed by atoms with Gasteiger partial charge >= 0.3 is 0 Å². The first-order valence-corrected chi connectivity index (χ1v) is 10.8. The average Bonchev–Trinajstić information content (AvgIpc) is 2.82. The minimum Gasteiger partial charge on any atom is -0.335 e. The number of carbonyl (C=O) groups is 1. The predicted molar refractivity (Wildman–Crippen MR) is 121 cm³/mol. The van der Waals surface area contributed by atoms with Crippen molar-refractivity contribution in [3.63, 3.8) is 0 Å². The summed E-state index contributed by atoms with van der Waals surface area (Å²) in [6.45, 7) is 6.30. The fourth-order valence-corrected chi connectivity index (χ4v) is 4.72. The molecular formula is C23H25Cl2N3O. The number of halogens is 2. The Hall–Kier alpha value is -2.01. The molecule has 4 rings (SSSR count). The van der Waals surface area contributed by atoms with E-state index in [2.05, 4.69) is 35.1 Å². The van der Waals surface area contributed by atoms with Crippen LogP contribution in [0.25, 0.3) is 10.9 Å². The molecule has 0 saturated heterocycles. The number of rotatable bonds is 4. The van der Waals surface area contributed by atoms with Gasteiger partial charge in [0.2, 0.25) is 5.91 Å². The summed E-state index contributed by atoms with van der Waals surface area (Å²) in [4.78, 5) is 12.9. The number of fused-ring (bicyclic) bond motifs is 3. The number of hydrogen-bond donors (Lipinski definition) is 2. The highest BCUT2D eigenvalue weighted by molar-refractivity contribution is 6.39. The van der Waals surface area contributed by atoms with Crippen LogP contribution in [-0.2, 0) is 24.2 Å². The predicted octanol–water partition coefficient (Wildman–Crippen LogP) is 5.40. The summed E-state index contributed by atoms with van der Waals surface area (Å²) in [5.41, 5.74) is 5.34. The van der Waals surface area contributed by atoms with E-state index in [1.54, 1.807) is 6.07 Å². The van der Waals surface area contributed by atoms with E-state index in [1.165, 1.54) is 16.8 Å². The fraction of sp³-hybridized carbons (Fsp3) is 0.348. The van der Waals surface area contributed by atoms with Gasteiger partial charge in [-0.15, -0.1) is 0 Å². The Labute approximate surface area is 181 Å². The zero-order valence-electron chi connectivity index (χ0n) is 16.7. The summed E-state index contributed by atoms with van der Waals surface area (Å²) < 4.78 is 2.08. The van der Waals surface area contributed by atoms with E-state index >= 15 is 0 Å². The van der Waals surface area contributed by atoms with Crippen LogP contribution in [-0.4, -0.2) is 23.6 Å². The summed E-state index contributed by atoms with van der Waals surface area (Å²) in [6.07, 6.45) is 1.74. The second-order valence-electron chi connectivity index (χ2n) is 7.87. The smallest absolute Gasteiger partial charge is 0.244 e. The summed E-state index contributed by atoms with van der Waals surface area (Å²) in [5.74, 6) is 0.353. The first-order chi connectivity index (χ1) is 13.9. The lowest BCUT2D eigenvalue weighted by atomic mass is 10.0. The van der Waals surface area contributed by atoms with Crippen LogP contribution in [0.1, 0.15) is 36.6 Å². The van der Waals surface area contributed by atoms with Crippen molar-refractivity contribution in [3.8, 4) is 0 Å². The molecular weight excluding hydrogens is 405 g/mol. The minimum atomic E-state index is -0.0566. The monoisotopic (exact) mass is 429 g/mol. The molecule has 0 aliphatic carbocycles. The lowest BCUT2D eigenvalue weighted by Crippen LogP contribution is -2.21. The van der Waals surface area contributed by atoms with Crippen molar-refractivity contribution in [2.75, 3.05) is 18.4 Å². The lowest BCUT2D eigenvalue weighted by Gasteiger charge is -2.13. The molecule has 3 aromatic rings.